The van der Waals surface area contributed by atoms with Crippen molar-refractivity contribution in [3.05, 3.63) is 52.1 Å². The van der Waals surface area contributed by atoms with Crippen LogP contribution >= 0.6 is 11.6 Å². The maximum Gasteiger partial charge on any atom is 0.226 e. The Morgan fingerprint density at radius 2 is 1.96 bits per heavy atom. The Bertz CT molecular complexity index is 988. The van der Waals surface area contributed by atoms with Gasteiger partial charge < -0.3 is 9.84 Å². The van der Waals surface area contributed by atoms with E-state index in [2.05, 4.69) is 36.3 Å². The Hall–Kier alpha value is -2.25. The molecular formula is C20H23ClN6O. The lowest BCUT2D eigenvalue weighted by molar-refractivity contribution is 0.344. The summed E-state index contributed by atoms with van der Waals surface area (Å²) in [5.74, 6) is 4.37. The Morgan fingerprint density at radius 3 is 2.75 bits per heavy atom. The fourth-order valence-electron chi connectivity index (χ4n) is 4.38. The molecule has 1 aliphatic carbocycles. The molecule has 7 nitrogen and oxygen atoms in total. The molecule has 2 aromatic heterocycles. The van der Waals surface area contributed by atoms with Crippen molar-refractivity contribution in [1.29, 1.82) is 0 Å². The minimum Gasteiger partial charge on any atom is -0.339 e. The van der Waals surface area contributed by atoms with Gasteiger partial charge in [-0.1, -0.05) is 23.7 Å². The van der Waals surface area contributed by atoms with Gasteiger partial charge >= 0.3 is 0 Å². The number of nitrogens with zero attached hydrogens (tertiary/aromatic N) is 5. The van der Waals surface area contributed by atoms with E-state index in [1.807, 2.05) is 19.1 Å². The first-order valence-electron chi connectivity index (χ1n) is 9.99. The summed E-state index contributed by atoms with van der Waals surface area (Å²) >= 11 is 6.22. The van der Waals surface area contributed by atoms with Crippen molar-refractivity contribution in [2.45, 2.75) is 64.0 Å². The van der Waals surface area contributed by atoms with E-state index in [9.17, 15) is 0 Å². The molecule has 28 heavy (non-hydrogen) atoms. The van der Waals surface area contributed by atoms with Crippen LogP contribution in [0.5, 0.6) is 0 Å². The first-order valence-corrected chi connectivity index (χ1v) is 10.4. The highest BCUT2D eigenvalue weighted by Gasteiger charge is 2.31. The molecule has 0 amide bonds. The van der Waals surface area contributed by atoms with E-state index in [1.54, 1.807) is 0 Å². The van der Waals surface area contributed by atoms with Crippen LogP contribution in [0, 0.1) is 0 Å². The fraction of sp³-hybridized carbons (Fsp3) is 0.500. The lowest BCUT2D eigenvalue weighted by Gasteiger charge is -2.26. The minimum atomic E-state index is 0.375. The van der Waals surface area contributed by atoms with Crippen LogP contribution in [0.25, 0.3) is 5.69 Å². The lowest BCUT2D eigenvalue weighted by Crippen LogP contribution is -2.17. The number of hydrogen-bond donors (Lipinski definition) is 1. The van der Waals surface area contributed by atoms with Gasteiger partial charge in [0.25, 0.3) is 0 Å². The molecule has 2 aliphatic rings. The second kappa shape index (κ2) is 7.29. The molecule has 0 radical (unpaired) electrons. The van der Waals surface area contributed by atoms with E-state index in [0.29, 0.717) is 18.4 Å². The van der Waals surface area contributed by atoms with Gasteiger partial charge in [0, 0.05) is 29.8 Å². The van der Waals surface area contributed by atoms with Gasteiger partial charge in [0.1, 0.15) is 5.82 Å². The summed E-state index contributed by atoms with van der Waals surface area (Å²) in [5.41, 5.74) is 2.32. The van der Waals surface area contributed by atoms with Gasteiger partial charge in [0.15, 0.2) is 11.6 Å². The number of fused-ring (bicyclic) bond motifs is 3. The smallest absolute Gasteiger partial charge is 0.226 e. The van der Waals surface area contributed by atoms with Crippen LogP contribution in [-0.4, -0.2) is 24.9 Å². The number of aryl methyl sites for hydroxylation is 1. The summed E-state index contributed by atoms with van der Waals surface area (Å²) < 4.78 is 7.53. The Balaban J connectivity index is 1.41. The van der Waals surface area contributed by atoms with Gasteiger partial charge in [0.2, 0.25) is 5.89 Å². The van der Waals surface area contributed by atoms with Crippen LogP contribution in [0.3, 0.4) is 0 Å². The van der Waals surface area contributed by atoms with E-state index < -0.39 is 0 Å². The molecule has 0 saturated heterocycles. The highest BCUT2D eigenvalue weighted by Crippen LogP contribution is 2.40. The van der Waals surface area contributed by atoms with E-state index in [1.165, 1.54) is 5.56 Å². The van der Waals surface area contributed by atoms with Gasteiger partial charge in [-0.15, -0.1) is 10.2 Å². The van der Waals surface area contributed by atoms with E-state index in [0.717, 1.165) is 72.7 Å². The molecule has 5 rings (SSSR count). The molecule has 0 spiro atoms. The predicted octanol–water partition coefficient (Wildman–Crippen LogP) is 3.91. The standard InChI is InChI=1S/C20H23ClN6O/c1-2-18-23-19(26-28-18)12-3-5-13(6-4-12)20-25-24-17-11-22-10-14-9-15(21)7-8-16(14)27(17)20/h7-9,12-13,22H,2-6,10-11H2,1H3/t12-,13-. The zero-order chi connectivity index (χ0) is 19.1. The molecule has 1 aliphatic heterocycles. The molecule has 1 aromatic carbocycles. The largest absolute Gasteiger partial charge is 0.339 e. The molecule has 1 saturated carbocycles. The summed E-state index contributed by atoms with van der Waals surface area (Å²) in [5, 5.41) is 17.4. The highest BCUT2D eigenvalue weighted by molar-refractivity contribution is 6.30. The number of hydrogen-bond acceptors (Lipinski definition) is 6. The minimum absolute atomic E-state index is 0.375. The summed E-state index contributed by atoms with van der Waals surface area (Å²) in [6.45, 7) is 3.52. The second-order valence-corrected chi connectivity index (χ2v) is 8.07. The van der Waals surface area contributed by atoms with E-state index in [-0.39, 0.29) is 0 Å². The van der Waals surface area contributed by atoms with Crippen LogP contribution in [0.2, 0.25) is 5.02 Å². The monoisotopic (exact) mass is 398 g/mol. The summed E-state index contributed by atoms with van der Waals surface area (Å²) in [7, 11) is 0. The van der Waals surface area contributed by atoms with Crippen molar-refractivity contribution in [2.24, 2.45) is 0 Å². The van der Waals surface area contributed by atoms with Gasteiger partial charge in [0.05, 0.1) is 12.2 Å². The predicted molar refractivity (Wildman–Crippen MR) is 105 cm³/mol. The van der Waals surface area contributed by atoms with Gasteiger partial charge in [-0.2, -0.15) is 4.98 Å². The number of nitrogens with one attached hydrogen (secondary N) is 1. The zero-order valence-electron chi connectivity index (χ0n) is 15.9. The molecule has 3 aromatic rings. The molecule has 8 heteroatoms. The number of halogens is 1. The first kappa shape index (κ1) is 17.8. The molecule has 146 valence electrons. The Kier molecular flexibility index (Phi) is 4.64. The highest BCUT2D eigenvalue weighted by atomic mass is 35.5. The van der Waals surface area contributed by atoms with Crippen LogP contribution < -0.4 is 5.32 Å². The third-order valence-corrected chi connectivity index (χ3v) is 6.11. The third kappa shape index (κ3) is 3.12. The normalized spacial score (nSPS) is 21.8. The third-order valence-electron chi connectivity index (χ3n) is 5.88. The van der Waals surface area contributed by atoms with Crippen LogP contribution in [0.1, 0.15) is 73.4 Å². The van der Waals surface area contributed by atoms with E-state index in [4.69, 9.17) is 16.1 Å². The fourth-order valence-corrected chi connectivity index (χ4v) is 4.58. The number of aromatic nitrogens is 5. The molecule has 0 bridgehead atoms. The molecule has 0 unspecified atom stereocenters. The van der Waals surface area contributed by atoms with Crippen molar-refractivity contribution in [1.82, 2.24) is 30.2 Å². The Morgan fingerprint density at radius 1 is 1.14 bits per heavy atom. The zero-order valence-corrected chi connectivity index (χ0v) is 16.6. The van der Waals surface area contributed by atoms with Crippen molar-refractivity contribution in [2.75, 3.05) is 0 Å². The van der Waals surface area contributed by atoms with Crippen molar-refractivity contribution < 1.29 is 4.52 Å². The van der Waals surface area contributed by atoms with Crippen LogP contribution in [-0.2, 0) is 19.5 Å². The molecule has 1 N–H and O–H groups in total. The second-order valence-electron chi connectivity index (χ2n) is 7.63. The van der Waals surface area contributed by atoms with Gasteiger partial charge in [-0.05, 0) is 49.4 Å². The number of rotatable bonds is 3. The average Bonchev–Trinajstić information content (AvgIpc) is 3.32. The molecular weight excluding hydrogens is 376 g/mol. The van der Waals surface area contributed by atoms with Gasteiger partial charge in [-0.25, -0.2) is 0 Å². The van der Waals surface area contributed by atoms with E-state index >= 15 is 0 Å². The quantitative estimate of drug-likeness (QED) is 0.720. The topological polar surface area (TPSA) is 81.7 Å². The maximum atomic E-state index is 6.22. The van der Waals surface area contributed by atoms with Gasteiger partial charge in [-0.3, -0.25) is 4.57 Å². The maximum absolute atomic E-state index is 6.22. The van der Waals surface area contributed by atoms with Crippen molar-refractivity contribution in [3.63, 3.8) is 0 Å². The van der Waals surface area contributed by atoms with Crippen LogP contribution in [0.4, 0.5) is 0 Å². The molecule has 0 atom stereocenters. The molecule has 3 heterocycles. The molecule has 1 fully saturated rings. The number of benzene rings is 1. The Labute approximate surface area is 168 Å². The van der Waals surface area contributed by atoms with Crippen LogP contribution in [0.15, 0.2) is 22.7 Å². The lowest BCUT2D eigenvalue weighted by atomic mass is 9.81. The summed E-state index contributed by atoms with van der Waals surface area (Å²) in [6, 6.07) is 6.05. The summed E-state index contributed by atoms with van der Waals surface area (Å²) in [6.07, 6.45) is 4.97. The van der Waals surface area contributed by atoms with Crippen molar-refractivity contribution in [3.8, 4) is 5.69 Å². The average molecular weight is 399 g/mol. The summed E-state index contributed by atoms with van der Waals surface area (Å²) in [4.78, 5) is 4.53. The SMILES string of the molecule is CCc1nc([C@H]2CC[C@H](c3nnc4n3-c3ccc(Cl)cc3CNC4)CC2)no1. The van der Waals surface area contributed by atoms with Crippen molar-refractivity contribution >= 4 is 11.6 Å². The first-order chi connectivity index (χ1) is 13.7.